The quantitative estimate of drug-likeness (QED) is 0.542. The first-order valence-electron chi connectivity index (χ1n) is 8.60. The zero-order chi connectivity index (χ0) is 21.3. The van der Waals surface area contributed by atoms with Crippen molar-refractivity contribution in [1.29, 1.82) is 0 Å². The molecule has 2 heterocycles. The number of thioether (sulfide) groups is 1. The summed E-state index contributed by atoms with van der Waals surface area (Å²) in [6.07, 6.45) is 0. The molecule has 0 aliphatic carbocycles. The van der Waals surface area contributed by atoms with Crippen molar-refractivity contribution in [3.63, 3.8) is 0 Å². The zero-order valence-corrected chi connectivity index (χ0v) is 17.8. The zero-order valence-electron chi connectivity index (χ0n) is 16.2. The molecule has 156 valence electrons. The molecule has 2 aromatic heterocycles. The number of amides is 3. The van der Waals surface area contributed by atoms with Gasteiger partial charge in [0, 0.05) is 20.6 Å². The lowest BCUT2D eigenvalue weighted by Crippen LogP contribution is -2.42. The van der Waals surface area contributed by atoms with Gasteiger partial charge in [-0.15, -0.1) is 5.10 Å². The van der Waals surface area contributed by atoms with Gasteiger partial charge in [0.25, 0.3) is 0 Å². The topological polar surface area (TPSA) is 139 Å². The van der Waals surface area contributed by atoms with Gasteiger partial charge in [0.2, 0.25) is 15.9 Å². The fourth-order valence-corrected chi connectivity index (χ4v) is 4.24. The molecule has 11 nitrogen and oxygen atoms in total. The number of carbonyl (C=O) groups excluding carboxylic acids is 2. The number of urea groups is 1. The SMILES string of the molecule is CCNC(=O)NC(=O)[C@H](C)Sc1nnc2oc3ccc(S(=O)(=O)N(C)C)cc3n12. The largest absolute Gasteiger partial charge is 0.422 e. The van der Waals surface area contributed by atoms with Gasteiger partial charge < -0.3 is 9.73 Å². The highest BCUT2D eigenvalue weighted by molar-refractivity contribution is 8.00. The van der Waals surface area contributed by atoms with Crippen LogP contribution in [0.15, 0.2) is 32.7 Å². The van der Waals surface area contributed by atoms with Crippen LogP contribution in [-0.2, 0) is 14.8 Å². The number of sulfonamides is 1. The maximum atomic E-state index is 12.4. The minimum absolute atomic E-state index is 0.0874. The summed E-state index contributed by atoms with van der Waals surface area (Å²) < 4.78 is 33.1. The van der Waals surface area contributed by atoms with E-state index in [9.17, 15) is 18.0 Å². The predicted octanol–water partition coefficient (Wildman–Crippen LogP) is 1.05. The van der Waals surface area contributed by atoms with Crippen molar-refractivity contribution in [2.45, 2.75) is 29.1 Å². The van der Waals surface area contributed by atoms with Gasteiger partial charge >= 0.3 is 11.9 Å². The summed E-state index contributed by atoms with van der Waals surface area (Å²) in [5, 5.41) is 12.3. The number of imide groups is 1. The standard InChI is InChI=1S/C16H20N6O5S2/c1-5-17-14(24)18-13(23)9(2)28-16-20-19-15-22(16)11-8-10(6-7-12(11)27-15)29(25,26)21(3)4/h6-9H,5H2,1-4H3,(H2,17,18,23,24)/t9-/m0/s1. The number of hydrogen-bond acceptors (Lipinski definition) is 8. The van der Waals surface area contributed by atoms with Crippen LogP contribution in [0.1, 0.15) is 13.8 Å². The summed E-state index contributed by atoms with van der Waals surface area (Å²) in [6, 6.07) is 3.88. The molecule has 0 radical (unpaired) electrons. The lowest BCUT2D eigenvalue weighted by molar-refractivity contribution is -0.119. The van der Waals surface area contributed by atoms with Crippen LogP contribution in [0.5, 0.6) is 0 Å². The van der Waals surface area contributed by atoms with Crippen molar-refractivity contribution in [1.82, 2.24) is 29.5 Å². The predicted molar refractivity (Wildman–Crippen MR) is 106 cm³/mol. The van der Waals surface area contributed by atoms with Crippen LogP contribution in [0.3, 0.4) is 0 Å². The van der Waals surface area contributed by atoms with Gasteiger partial charge in [0.05, 0.1) is 15.7 Å². The molecule has 0 unspecified atom stereocenters. The third-order valence-electron chi connectivity index (χ3n) is 3.98. The summed E-state index contributed by atoms with van der Waals surface area (Å²) in [5.74, 6) is -0.334. The normalized spacial score (nSPS) is 13.1. The second-order valence-electron chi connectivity index (χ2n) is 6.23. The molecule has 0 saturated heterocycles. The molecule has 0 fully saturated rings. The fourth-order valence-electron chi connectivity index (χ4n) is 2.46. The van der Waals surface area contributed by atoms with E-state index in [1.807, 2.05) is 0 Å². The first-order chi connectivity index (χ1) is 13.6. The van der Waals surface area contributed by atoms with Crippen LogP contribution in [0.2, 0.25) is 0 Å². The van der Waals surface area contributed by atoms with Crippen molar-refractivity contribution in [2.75, 3.05) is 20.6 Å². The van der Waals surface area contributed by atoms with Gasteiger partial charge in [-0.3, -0.25) is 10.1 Å². The number of benzene rings is 1. The number of nitrogens with zero attached hydrogens (tertiary/aromatic N) is 4. The maximum Gasteiger partial charge on any atom is 0.328 e. The average molecular weight is 441 g/mol. The van der Waals surface area contributed by atoms with E-state index in [0.717, 1.165) is 16.1 Å². The summed E-state index contributed by atoms with van der Waals surface area (Å²) in [4.78, 5) is 23.8. The summed E-state index contributed by atoms with van der Waals surface area (Å²) in [5.41, 5.74) is 0.876. The molecule has 0 aliphatic heterocycles. The van der Waals surface area contributed by atoms with E-state index in [1.165, 1.54) is 30.6 Å². The van der Waals surface area contributed by atoms with Gasteiger partial charge in [-0.25, -0.2) is 21.9 Å². The fraction of sp³-hybridized carbons (Fsp3) is 0.375. The van der Waals surface area contributed by atoms with Crippen LogP contribution in [-0.4, -0.2) is 65.1 Å². The van der Waals surface area contributed by atoms with Gasteiger partial charge in [-0.2, -0.15) is 0 Å². The Labute approximate surface area is 170 Å². The van der Waals surface area contributed by atoms with Crippen molar-refractivity contribution in [3.8, 4) is 0 Å². The Hall–Kier alpha value is -2.64. The minimum atomic E-state index is -3.64. The summed E-state index contributed by atoms with van der Waals surface area (Å²) >= 11 is 1.06. The Morgan fingerprint density at radius 3 is 2.69 bits per heavy atom. The van der Waals surface area contributed by atoms with Crippen molar-refractivity contribution >= 4 is 50.7 Å². The van der Waals surface area contributed by atoms with E-state index < -0.39 is 27.2 Å². The second-order valence-corrected chi connectivity index (χ2v) is 9.69. The number of nitrogens with one attached hydrogen (secondary N) is 2. The molecular weight excluding hydrogens is 420 g/mol. The maximum absolute atomic E-state index is 12.4. The van der Waals surface area contributed by atoms with E-state index in [1.54, 1.807) is 19.9 Å². The number of carbonyl (C=O) groups is 2. The lowest BCUT2D eigenvalue weighted by Gasteiger charge is -2.11. The van der Waals surface area contributed by atoms with Crippen LogP contribution in [0.4, 0.5) is 4.79 Å². The van der Waals surface area contributed by atoms with Crippen LogP contribution < -0.4 is 10.6 Å². The summed E-state index contributed by atoms with van der Waals surface area (Å²) in [7, 11) is -0.756. The molecule has 13 heteroatoms. The van der Waals surface area contributed by atoms with E-state index in [0.29, 0.717) is 22.8 Å². The third kappa shape index (κ3) is 4.06. The van der Waals surface area contributed by atoms with Gasteiger partial charge in [0.15, 0.2) is 10.7 Å². The van der Waals surface area contributed by atoms with Crippen LogP contribution >= 0.6 is 11.8 Å². The molecule has 3 amide bonds. The van der Waals surface area contributed by atoms with E-state index in [-0.39, 0.29) is 10.7 Å². The van der Waals surface area contributed by atoms with Gasteiger partial charge in [-0.05, 0) is 32.0 Å². The molecule has 1 aromatic carbocycles. The molecule has 3 rings (SSSR count). The lowest BCUT2D eigenvalue weighted by atomic mass is 10.3. The molecule has 29 heavy (non-hydrogen) atoms. The Bertz CT molecular complexity index is 1180. The molecule has 1 atom stereocenters. The first kappa shape index (κ1) is 21.1. The Morgan fingerprint density at radius 2 is 2.03 bits per heavy atom. The van der Waals surface area contributed by atoms with E-state index >= 15 is 0 Å². The highest BCUT2D eigenvalue weighted by Gasteiger charge is 2.24. The Morgan fingerprint density at radius 1 is 1.31 bits per heavy atom. The highest BCUT2D eigenvalue weighted by Crippen LogP contribution is 2.29. The number of rotatable bonds is 6. The number of aromatic nitrogens is 3. The molecule has 0 saturated carbocycles. The Balaban J connectivity index is 1.95. The minimum Gasteiger partial charge on any atom is -0.422 e. The van der Waals surface area contributed by atoms with Gasteiger partial charge in [-0.1, -0.05) is 16.9 Å². The number of oxazole rings is 1. The molecule has 0 spiro atoms. The summed E-state index contributed by atoms with van der Waals surface area (Å²) in [6.45, 7) is 3.75. The van der Waals surface area contributed by atoms with Crippen molar-refractivity contribution in [2.24, 2.45) is 0 Å². The number of hydrogen-bond donors (Lipinski definition) is 2. The van der Waals surface area contributed by atoms with Crippen LogP contribution in [0.25, 0.3) is 16.9 Å². The molecule has 0 aliphatic rings. The third-order valence-corrected chi connectivity index (χ3v) is 6.83. The smallest absolute Gasteiger partial charge is 0.328 e. The molecule has 3 aromatic rings. The molecule has 2 N–H and O–H groups in total. The van der Waals surface area contributed by atoms with Crippen molar-refractivity contribution < 1.29 is 22.4 Å². The van der Waals surface area contributed by atoms with Crippen molar-refractivity contribution in [3.05, 3.63) is 18.2 Å². The van der Waals surface area contributed by atoms with E-state index in [4.69, 9.17) is 4.42 Å². The van der Waals surface area contributed by atoms with E-state index in [2.05, 4.69) is 20.8 Å². The van der Waals surface area contributed by atoms with Crippen LogP contribution in [0, 0.1) is 0 Å². The second kappa shape index (κ2) is 8.00. The molecular formula is C16H20N6O5S2. The molecule has 0 bridgehead atoms. The number of fused-ring (bicyclic) bond motifs is 3. The Kier molecular flexibility index (Phi) is 5.82. The monoisotopic (exact) mass is 440 g/mol. The first-order valence-corrected chi connectivity index (χ1v) is 10.9. The van der Waals surface area contributed by atoms with Gasteiger partial charge in [0.1, 0.15) is 0 Å². The highest BCUT2D eigenvalue weighted by atomic mass is 32.2. The average Bonchev–Trinajstić information content (AvgIpc) is 3.20.